The van der Waals surface area contributed by atoms with E-state index in [1.54, 1.807) is 36.5 Å². The molecule has 134 valence electrons. The zero-order valence-electron chi connectivity index (χ0n) is 15.5. The van der Waals surface area contributed by atoms with Gasteiger partial charge in [0.05, 0.1) is 29.1 Å². The summed E-state index contributed by atoms with van der Waals surface area (Å²) >= 11 is 0. The fraction of sp³-hybridized carbons (Fsp3) is 0.136. The monoisotopic (exact) mass is 356 g/mol. The first kappa shape index (κ1) is 18.2. The number of hydrogen-bond donors (Lipinski definition) is 2. The van der Waals surface area contributed by atoms with Crippen molar-refractivity contribution in [3.05, 3.63) is 82.7 Å². The van der Waals surface area contributed by atoms with E-state index in [2.05, 4.69) is 54.6 Å². The van der Waals surface area contributed by atoms with Crippen molar-refractivity contribution >= 4 is 23.0 Å². The number of nitrogens with zero attached hydrogens (tertiary/aromatic N) is 2. The molecule has 2 N–H and O–H groups in total. The highest BCUT2D eigenvalue weighted by Gasteiger charge is 2.10. The van der Waals surface area contributed by atoms with E-state index in [0.717, 1.165) is 22.5 Å². The summed E-state index contributed by atoms with van der Waals surface area (Å²) in [5, 5.41) is 15.1. The zero-order valence-corrected chi connectivity index (χ0v) is 15.5. The quantitative estimate of drug-likeness (QED) is 0.699. The first-order chi connectivity index (χ1) is 13.0. The molecule has 5 heteroatoms. The summed E-state index contributed by atoms with van der Waals surface area (Å²) in [6.07, 6.45) is 3.20. The highest BCUT2D eigenvalue weighted by Crippen LogP contribution is 2.26. The molecule has 1 heterocycles. The minimum Gasteiger partial charge on any atom is -0.354 e. The molecule has 2 aromatic carbocycles. The standard InChI is InChI=1S/C22H20N4O/c1-14-7-15(2)21(16(3)8-14)25-20-10-18(12-24-13-20)22(27)26-19-6-4-5-17(9-19)11-23/h4-10,12-13,25H,1-3H3,(H,26,27). The van der Waals surface area contributed by atoms with Gasteiger partial charge in [-0.15, -0.1) is 0 Å². The number of nitriles is 1. The Morgan fingerprint density at radius 2 is 1.74 bits per heavy atom. The number of aromatic nitrogens is 1. The SMILES string of the molecule is Cc1cc(C)c(Nc2cncc(C(=O)Nc3cccc(C#N)c3)c2)c(C)c1. The normalized spacial score (nSPS) is 10.1. The van der Waals surface area contributed by atoms with Crippen molar-refractivity contribution in [1.82, 2.24) is 4.98 Å². The Hall–Kier alpha value is -3.65. The van der Waals surface area contributed by atoms with Crippen molar-refractivity contribution < 1.29 is 4.79 Å². The van der Waals surface area contributed by atoms with Crippen LogP contribution in [0.4, 0.5) is 17.1 Å². The minimum atomic E-state index is -0.279. The van der Waals surface area contributed by atoms with Gasteiger partial charge >= 0.3 is 0 Å². The van der Waals surface area contributed by atoms with Gasteiger partial charge in [0.2, 0.25) is 0 Å². The number of aryl methyl sites for hydroxylation is 3. The van der Waals surface area contributed by atoms with Crippen LogP contribution < -0.4 is 10.6 Å². The number of pyridine rings is 1. The van der Waals surface area contributed by atoms with Gasteiger partial charge in [0, 0.05) is 17.6 Å². The summed E-state index contributed by atoms with van der Waals surface area (Å²) < 4.78 is 0. The third kappa shape index (κ3) is 4.31. The Morgan fingerprint density at radius 1 is 1.00 bits per heavy atom. The molecule has 3 rings (SSSR count). The second-order valence-electron chi connectivity index (χ2n) is 6.51. The van der Waals surface area contributed by atoms with Crippen molar-refractivity contribution in [2.24, 2.45) is 0 Å². The van der Waals surface area contributed by atoms with E-state index in [1.165, 1.54) is 11.8 Å². The summed E-state index contributed by atoms with van der Waals surface area (Å²) in [6, 6.07) is 14.8. The lowest BCUT2D eigenvalue weighted by Crippen LogP contribution is -2.12. The van der Waals surface area contributed by atoms with Crippen molar-refractivity contribution in [3.63, 3.8) is 0 Å². The molecule has 0 fully saturated rings. The largest absolute Gasteiger partial charge is 0.354 e. The number of benzene rings is 2. The van der Waals surface area contributed by atoms with Crippen molar-refractivity contribution in [1.29, 1.82) is 5.26 Å². The highest BCUT2D eigenvalue weighted by atomic mass is 16.1. The van der Waals surface area contributed by atoms with Crippen molar-refractivity contribution in [3.8, 4) is 6.07 Å². The number of rotatable bonds is 4. The third-order valence-corrected chi connectivity index (χ3v) is 4.20. The molecule has 0 aliphatic heterocycles. The van der Waals surface area contributed by atoms with Crippen LogP contribution in [0.5, 0.6) is 0 Å². The van der Waals surface area contributed by atoms with Crippen LogP contribution in [-0.2, 0) is 0 Å². The first-order valence-corrected chi connectivity index (χ1v) is 8.57. The predicted octanol–water partition coefficient (Wildman–Crippen LogP) is 4.87. The number of carbonyl (C=O) groups excluding carboxylic acids is 1. The van der Waals surface area contributed by atoms with Crippen molar-refractivity contribution in [2.45, 2.75) is 20.8 Å². The molecule has 5 nitrogen and oxygen atoms in total. The van der Waals surface area contributed by atoms with Crippen LogP contribution in [-0.4, -0.2) is 10.9 Å². The van der Waals surface area contributed by atoms with Crippen LogP contribution in [0.1, 0.15) is 32.6 Å². The Balaban J connectivity index is 1.81. The second kappa shape index (κ2) is 7.71. The summed E-state index contributed by atoms with van der Waals surface area (Å²) in [4.78, 5) is 16.7. The smallest absolute Gasteiger partial charge is 0.257 e. The average Bonchev–Trinajstić information content (AvgIpc) is 2.65. The molecule has 0 unspecified atom stereocenters. The fourth-order valence-corrected chi connectivity index (χ4v) is 3.02. The van der Waals surface area contributed by atoms with Gasteiger partial charge in [0.15, 0.2) is 0 Å². The summed E-state index contributed by atoms with van der Waals surface area (Å²) in [7, 11) is 0. The number of carbonyl (C=O) groups is 1. The number of hydrogen-bond acceptors (Lipinski definition) is 4. The van der Waals surface area contributed by atoms with Crippen LogP contribution in [0.3, 0.4) is 0 Å². The summed E-state index contributed by atoms with van der Waals surface area (Å²) in [6.45, 7) is 6.17. The van der Waals surface area contributed by atoms with Gasteiger partial charge in [-0.2, -0.15) is 5.26 Å². The van der Waals surface area contributed by atoms with Gasteiger partial charge in [0.1, 0.15) is 0 Å². The van der Waals surface area contributed by atoms with Crippen LogP contribution in [0.15, 0.2) is 54.9 Å². The van der Waals surface area contributed by atoms with Crippen molar-refractivity contribution in [2.75, 3.05) is 10.6 Å². The van der Waals surface area contributed by atoms with Gasteiger partial charge in [-0.05, 0) is 56.2 Å². The molecule has 0 saturated heterocycles. The molecule has 0 bridgehead atoms. The summed E-state index contributed by atoms with van der Waals surface area (Å²) in [5.74, 6) is -0.279. The molecule has 1 aromatic heterocycles. The molecule has 0 aliphatic rings. The lowest BCUT2D eigenvalue weighted by Gasteiger charge is -2.14. The lowest BCUT2D eigenvalue weighted by molar-refractivity contribution is 0.102. The molecular weight excluding hydrogens is 336 g/mol. The average molecular weight is 356 g/mol. The minimum absolute atomic E-state index is 0.279. The number of nitrogens with one attached hydrogen (secondary N) is 2. The molecular formula is C22H20N4O. The topological polar surface area (TPSA) is 77.8 Å². The van der Waals surface area contributed by atoms with E-state index >= 15 is 0 Å². The van der Waals surface area contributed by atoms with Gasteiger partial charge in [-0.25, -0.2) is 0 Å². The molecule has 1 amide bonds. The molecule has 0 aliphatic carbocycles. The Kier molecular flexibility index (Phi) is 5.18. The predicted molar refractivity (Wildman–Crippen MR) is 107 cm³/mol. The van der Waals surface area contributed by atoms with Crippen LogP contribution in [0.25, 0.3) is 0 Å². The van der Waals surface area contributed by atoms with E-state index in [4.69, 9.17) is 5.26 Å². The second-order valence-corrected chi connectivity index (χ2v) is 6.51. The van der Waals surface area contributed by atoms with Crippen LogP contribution in [0.2, 0.25) is 0 Å². The van der Waals surface area contributed by atoms with Crippen LogP contribution >= 0.6 is 0 Å². The van der Waals surface area contributed by atoms with E-state index in [1.807, 2.05) is 0 Å². The highest BCUT2D eigenvalue weighted by molar-refractivity contribution is 6.04. The number of anilines is 3. The molecule has 0 spiro atoms. The molecule has 0 radical (unpaired) electrons. The Morgan fingerprint density at radius 3 is 2.44 bits per heavy atom. The fourth-order valence-electron chi connectivity index (χ4n) is 3.02. The Labute approximate surface area is 158 Å². The van der Waals surface area contributed by atoms with Crippen LogP contribution in [0, 0.1) is 32.1 Å². The maximum Gasteiger partial charge on any atom is 0.257 e. The van der Waals surface area contributed by atoms with E-state index in [9.17, 15) is 4.79 Å². The maximum absolute atomic E-state index is 12.5. The zero-order chi connectivity index (χ0) is 19.4. The first-order valence-electron chi connectivity index (χ1n) is 8.57. The lowest BCUT2D eigenvalue weighted by atomic mass is 10.0. The van der Waals surface area contributed by atoms with Gasteiger partial charge in [-0.3, -0.25) is 9.78 Å². The molecule has 3 aromatic rings. The van der Waals surface area contributed by atoms with E-state index in [0.29, 0.717) is 16.8 Å². The molecule has 0 saturated carbocycles. The van der Waals surface area contributed by atoms with E-state index in [-0.39, 0.29) is 5.91 Å². The maximum atomic E-state index is 12.5. The third-order valence-electron chi connectivity index (χ3n) is 4.20. The summed E-state index contributed by atoms with van der Waals surface area (Å²) in [5.41, 5.74) is 6.73. The van der Waals surface area contributed by atoms with Gasteiger partial charge in [0.25, 0.3) is 5.91 Å². The van der Waals surface area contributed by atoms with Gasteiger partial charge < -0.3 is 10.6 Å². The number of amides is 1. The van der Waals surface area contributed by atoms with Gasteiger partial charge in [-0.1, -0.05) is 23.8 Å². The molecule has 0 atom stereocenters. The molecule has 27 heavy (non-hydrogen) atoms. The van der Waals surface area contributed by atoms with E-state index < -0.39 is 0 Å². The Bertz CT molecular complexity index is 1030.